The molecule has 6 nitrogen and oxygen atoms in total. The van der Waals surface area contributed by atoms with Crippen molar-refractivity contribution in [3.05, 3.63) is 114 Å². The van der Waals surface area contributed by atoms with Crippen molar-refractivity contribution < 1.29 is 23.0 Å². The number of fused-ring (bicyclic) bond motifs is 1. The summed E-state index contributed by atoms with van der Waals surface area (Å²) < 4.78 is 40.2. The first-order chi connectivity index (χ1) is 22.0. The van der Waals surface area contributed by atoms with Crippen molar-refractivity contribution in [1.82, 2.24) is 10.6 Å². The summed E-state index contributed by atoms with van der Waals surface area (Å²) in [5, 5.41) is 11.4. The number of benzene rings is 5. The molecule has 1 amide bonds. The molecule has 5 aromatic rings. The normalized spacial score (nSPS) is 17.1. The molecule has 3 N–H and O–H groups in total. The van der Waals surface area contributed by atoms with Gasteiger partial charge in [0.1, 0.15) is 35.3 Å². The van der Waals surface area contributed by atoms with E-state index in [4.69, 9.17) is 9.47 Å². The Morgan fingerprint density at radius 1 is 0.638 bits per heavy atom. The second-order valence-electron chi connectivity index (χ2n) is 11.6. The maximum absolute atomic E-state index is 13.8. The number of halogens is 4. The van der Waals surface area contributed by atoms with E-state index in [9.17, 15) is 13.6 Å². The van der Waals surface area contributed by atoms with Gasteiger partial charge in [0, 0.05) is 35.5 Å². The van der Waals surface area contributed by atoms with Gasteiger partial charge >= 0.3 is 0 Å². The Balaban J connectivity index is 0.00000217. The van der Waals surface area contributed by atoms with Crippen molar-refractivity contribution in [2.45, 2.75) is 25.0 Å². The summed E-state index contributed by atoms with van der Waals surface area (Å²) in [7, 11) is 0. The van der Waals surface area contributed by atoms with Crippen LogP contribution in [-0.4, -0.2) is 44.3 Å². The Morgan fingerprint density at radius 2 is 1.21 bits per heavy atom. The smallest absolute Gasteiger partial charge is 0.255 e. The Morgan fingerprint density at radius 3 is 1.87 bits per heavy atom. The highest BCUT2D eigenvalue weighted by atomic mass is 35.5. The van der Waals surface area contributed by atoms with Crippen molar-refractivity contribution in [3.63, 3.8) is 0 Å². The number of anilines is 1. The van der Waals surface area contributed by atoms with Crippen molar-refractivity contribution in [2.75, 3.05) is 31.5 Å². The van der Waals surface area contributed by atoms with Gasteiger partial charge in [-0.05, 0) is 115 Å². The minimum atomic E-state index is -0.323. The van der Waals surface area contributed by atoms with Crippen LogP contribution in [0, 0.1) is 11.6 Å². The molecule has 0 aliphatic carbocycles. The summed E-state index contributed by atoms with van der Waals surface area (Å²) in [6.45, 7) is 3.30. The lowest BCUT2D eigenvalue weighted by Gasteiger charge is -2.19. The Kier molecular flexibility index (Phi) is 11.0. The molecule has 2 aliphatic heterocycles. The lowest BCUT2D eigenvalue weighted by molar-refractivity contribution is 0.102. The van der Waals surface area contributed by atoms with Gasteiger partial charge in [-0.2, -0.15) is 0 Å². The van der Waals surface area contributed by atoms with Gasteiger partial charge in [-0.3, -0.25) is 4.79 Å². The second-order valence-corrected chi connectivity index (χ2v) is 11.6. The van der Waals surface area contributed by atoms with Gasteiger partial charge in [-0.25, -0.2) is 8.78 Å². The fourth-order valence-electron chi connectivity index (χ4n) is 5.97. The third kappa shape index (κ3) is 7.85. The number of nitrogens with one attached hydrogen (secondary N) is 3. The van der Waals surface area contributed by atoms with Gasteiger partial charge < -0.3 is 25.4 Å². The fourth-order valence-corrected chi connectivity index (χ4v) is 5.97. The summed E-state index contributed by atoms with van der Waals surface area (Å²) in [5.41, 5.74) is 4.24. The Hall–Kier alpha value is -4.21. The summed E-state index contributed by atoms with van der Waals surface area (Å²) in [6, 6.07) is 27.7. The molecule has 0 radical (unpaired) electrons. The molecule has 0 bridgehead atoms. The Bertz CT molecular complexity index is 1860. The summed E-state index contributed by atoms with van der Waals surface area (Å²) in [6.07, 6.45) is 1.86. The third-order valence-electron chi connectivity index (χ3n) is 8.37. The standard InChI is InChI=1S/C37H33F2N3O3.2ClH/c38-28-7-3-23(4-8-28)34-20-30(10-12-36(34)45-32-14-16-41-22-32)42-37(43)27-6-11-35(44-31-13-15-40-21-31)33(19-27)26-2-1-25-18-29(39)9-5-24(25)17-26;;/h1-12,17-20,31-32,40-41H,13-16,21-22H2,(H,42,43);2*1H/t31-,32-;;/m0../s1. The first-order valence-corrected chi connectivity index (χ1v) is 15.3. The molecule has 2 saturated heterocycles. The van der Waals surface area contributed by atoms with Crippen LogP contribution in [0.5, 0.6) is 11.5 Å². The predicted molar refractivity (Wildman–Crippen MR) is 187 cm³/mol. The van der Waals surface area contributed by atoms with E-state index in [0.29, 0.717) is 22.7 Å². The molecule has 2 aliphatic rings. The minimum Gasteiger partial charge on any atom is -0.488 e. The summed E-state index contributed by atoms with van der Waals surface area (Å²) >= 11 is 0. The molecule has 0 spiro atoms. The molecule has 2 heterocycles. The van der Waals surface area contributed by atoms with Crippen LogP contribution >= 0.6 is 24.8 Å². The summed E-state index contributed by atoms with van der Waals surface area (Å²) in [4.78, 5) is 13.7. The molecule has 2 fully saturated rings. The predicted octanol–water partition coefficient (Wildman–Crippen LogP) is 8.03. The number of ether oxygens (including phenoxy) is 2. The van der Waals surface area contributed by atoms with Crippen molar-refractivity contribution in [3.8, 4) is 33.8 Å². The van der Waals surface area contributed by atoms with E-state index < -0.39 is 0 Å². The molecule has 0 aromatic heterocycles. The van der Waals surface area contributed by atoms with E-state index >= 15 is 0 Å². The van der Waals surface area contributed by atoms with Gasteiger partial charge in [0.25, 0.3) is 5.91 Å². The van der Waals surface area contributed by atoms with E-state index in [1.165, 1.54) is 24.3 Å². The average Bonchev–Trinajstić information content (AvgIpc) is 3.77. The van der Waals surface area contributed by atoms with E-state index in [0.717, 1.165) is 72.0 Å². The zero-order chi connectivity index (χ0) is 30.8. The van der Waals surface area contributed by atoms with Crippen molar-refractivity contribution >= 4 is 47.2 Å². The molecule has 47 heavy (non-hydrogen) atoms. The van der Waals surface area contributed by atoms with Crippen molar-refractivity contribution in [2.24, 2.45) is 0 Å². The van der Waals surface area contributed by atoms with Crippen LogP contribution in [0.25, 0.3) is 33.0 Å². The van der Waals surface area contributed by atoms with Crippen LogP contribution in [0.15, 0.2) is 97.1 Å². The highest BCUT2D eigenvalue weighted by molar-refractivity contribution is 6.06. The maximum Gasteiger partial charge on any atom is 0.255 e. The average molecular weight is 679 g/mol. The monoisotopic (exact) mass is 677 g/mol. The van der Waals surface area contributed by atoms with Crippen LogP contribution in [0.4, 0.5) is 14.5 Å². The van der Waals surface area contributed by atoms with Gasteiger partial charge in [0.05, 0.1) is 0 Å². The zero-order valence-electron chi connectivity index (χ0n) is 25.4. The minimum absolute atomic E-state index is 0. The van der Waals surface area contributed by atoms with E-state index in [2.05, 4.69) is 16.0 Å². The van der Waals surface area contributed by atoms with Crippen LogP contribution in [0.1, 0.15) is 23.2 Å². The van der Waals surface area contributed by atoms with Gasteiger partial charge in [-0.1, -0.05) is 30.3 Å². The topological polar surface area (TPSA) is 71.6 Å². The molecule has 0 unspecified atom stereocenters. The molecule has 10 heteroatoms. The molecule has 5 aromatic carbocycles. The number of rotatable bonds is 8. The first kappa shape index (κ1) is 34.1. The van der Waals surface area contributed by atoms with Crippen LogP contribution < -0.4 is 25.4 Å². The molecular weight excluding hydrogens is 643 g/mol. The largest absolute Gasteiger partial charge is 0.488 e. The zero-order valence-corrected chi connectivity index (χ0v) is 27.1. The highest BCUT2D eigenvalue weighted by Gasteiger charge is 2.21. The highest BCUT2D eigenvalue weighted by Crippen LogP contribution is 2.36. The van der Waals surface area contributed by atoms with E-state index in [-0.39, 0.29) is 54.6 Å². The van der Waals surface area contributed by atoms with Gasteiger partial charge in [-0.15, -0.1) is 24.8 Å². The van der Waals surface area contributed by atoms with Gasteiger partial charge in [0.2, 0.25) is 0 Å². The second kappa shape index (κ2) is 15.1. The number of hydrogen-bond donors (Lipinski definition) is 3. The molecule has 0 saturated carbocycles. The van der Waals surface area contributed by atoms with Crippen LogP contribution in [-0.2, 0) is 0 Å². The molecular formula is C37H35Cl2F2N3O3. The maximum atomic E-state index is 13.8. The van der Waals surface area contributed by atoms with E-state index in [1.54, 1.807) is 24.3 Å². The molecule has 2 atom stereocenters. The first-order valence-electron chi connectivity index (χ1n) is 15.3. The fraction of sp³-hybridized carbons (Fsp3) is 0.216. The van der Waals surface area contributed by atoms with Crippen LogP contribution in [0.2, 0.25) is 0 Å². The SMILES string of the molecule is Cl.Cl.O=C(Nc1ccc(O[C@H]2CCNC2)c(-c2ccc(F)cc2)c1)c1ccc(O[C@H]2CCNC2)c(-c2ccc3cc(F)ccc3c2)c1. The lowest BCUT2D eigenvalue weighted by Crippen LogP contribution is -2.20. The molecule has 244 valence electrons. The number of amides is 1. The molecule has 7 rings (SSSR count). The Labute approximate surface area is 284 Å². The quantitative estimate of drug-likeness (QED) is 0.155. The van der Waals surface area contributed by atoms with Crippen LogP contribution in [0.3, 0.4) is 0 Å². The van der Waals surface area contributed by atoms with Crippen molar-refractivity contribution in [1.29, 1.82) is 0 Å². The van der Waals surface area contributed by atoms with Gasteiger partial charge in [0.15, 0.2) is 0 Å². The number of carbonyl (C=O) groups excluding carboxylic acids is 1. The lowest BCUT2D eigenvalue weighted by atomic mass is 9.98. The summed E-state index contributed by atoms with van der Waals surface area (Å²) in [5.74, 6) is 0.464. The van der Waals surface area contributed by atoms with E-state index in [1.807, 2.05) is 48.5 Å². The number of hydrogen-bond acceptors (Lipinski definition) is 5. The third-order valence-corrected chi connectivity index (χ3v) is 8.37. The number of carbonyl (C=O) groups is 1.